The lowest BCUT2D eigenvalue weighted by atomic mass is 10.1. The molecule has 0 N–H and O–H groups in total. The Kier molecular flexibility index (Phi) is 12.7. The minimum Gasteiger partial charge on any atom is -0.308 e. The van der Waals surface area contributed by atoms with E-state index in [0.717, 1.165) is 19.3 Å². The maximum Gasteiger partial charge on any atom is 0.337 e. The van der Waals surface area contributed by atoms with Crippen LogP contribution in [0.3, 0.4) is 0 Å². The van der Waals surface area contributed by atoms with Gasteiger partial charge in [0.1, 0.15) is 0 Å². The predicted octanol–water partition coefficient (Wildman–Crippen LogP) is 5.89. The van der Waals surface area contributed by atoms with Crippen molar-refractivity contribution in [2.45, 2.75) is 58.5 Å². The molecule has 0 saturated carbocycles. The summed E-state index contributed by atoms with van der Waals surface area (Å²) < 4.78 is 23.9. The molecule has 0 aliphatic carbocycles. The molecule has 0 rings (SSSR count). The highest BCUT2D eigenvalue weighted by atomic mass is 31.2. The zero-order chi connectivity index (χ0) is 16.0. The second-order valence-corrected chi connectivity index (χ2v) is 7.06. The van der Waals surface area contributed by atoms with E-state index in [4.69, 9.17) is 9.05 Å². The van der Waals surface area contributed by atoms with Gasteiger partial charge in [0.05, 0.1) is 18.9 Å². The van der Waals surface area contributed by atoms with Crippen LogP contribution in [-0.4, -0.2) is 18.9 Å². The van der Waals surface area contributed by atoms with Crippen LogP contribution in [0.25, 0.3) is 0 Å². The Morgan fingerprint density at radius 2 is 1.67 bits per heavy atom. The van der Waals surface area contributed by atoms with Gasteiger partial charge in [-0.05, 0) is 20.3 Å². The highest BCUT2D eigenvalue weighted by Crippen LogP contribution is 2.55. The maximum absolute atomic E-state index is 12.9. The summed E-state index contributed by atoms with van der Waals surface area (Å²) in [7, 11) is -3.07. The highest BCUT2D eigenvalue weighted by Gasteiger charge is 2.32. The van der Waals surface area contributed by atoms with Crippen LogP contribution in [0, 0.1) is 0 Å². The van der Waals surface area contributed by atoms with Crippen molar-refractivity contribution in [3.63, 3.8) is 0 Å². The molecule has 0 bridgehead atoms. The SMILES string of the molecule is C=C/C=C\C=C\C(CCCCCC)P(=O)(OCC)OCC. The van der Waals surface area contributed by atoms with Crippen LogP contribution in [0.2, 0.25) is 0 Å². The molecule has 1 atom stereocenters. The fourth-order valence-corrected chi connectivity index (χ4v) is 4.05. The van der Waals surface area contributed by atoms with Gasteiger partial charge in [0.15, 0.2) is 0 Å². The molecule has 0 aliphatic heterocycles. The van der Waals surface area contributed by atoms with Crippen molar-refractivity contribution in [3.8, 4) is 0 Å². The Hall–Kier alpha value is -0.630. The lowest BCUT2D eigenvalue weighted by molar-refractivity contribution is 0.214. The van der Waals surface area contributed by atoms with E-state index in [1.807, 2.05) is 38.2 Å². The summed E-state index contributed by atoms with van der Waals surface area (Å²) in [5.41, 5.74) is -0.177. The molecule has 4 heteroatoms. The maximum atomic E-state index is 12.9. The predicted molar refractivity (Wildman–Crippen MR) is 91.9 cm³/mol. The minimum absolute atomic E-state index is 0.177. The summed E-state index contributed by atoms with van der Waals surface area (Å²) in [5.74, 6) is 0. The van der Waals surface area contributed by atoms with Crippen molar-refractivity contribution in [3.05, 3.63) is 37.0 Å². The lowest BCUT2D eigenvalue weighted by Gasteiger charge is -2.24. The molecule has 0 aromatic carbocycles. The van der Waals surface area contributed by atoms with Crippen LogP contribution in [0.1, 0.15) is 52.9 Å². The van der Waals surface area contributed by atoms with Gasteiger partial charge in [0, 0.05) is 0 Å². The van der Waals surface area contributed by atoms with Crippen molar-refractivity contribution in [2.24, 2.45) is 0 Å². The number of hydrogen-bond donors (Lipinski definition) is 0. The smallest absolute Gasteiger partial charge is 0.308 e. The topological polar surface area (TPSA) is 35.5 Å². The van der Waals surface area contributed by atoms with Crippen molar-refractivity contribution < 1.29 is 13.6 Å². The zero-order valence-electron chi connectivity index (χ0n) is 13.8. The Labute approximate surface area is 130 Å². The molecular weight excluding hydrogens is 283 g/mol. The van der Waals surface area contributed by atoms with Crippen molar-refractivity contribution >= 4 is 7.60 Å². The Balaban J connectivity index is 4.87. The van der Waals surface area contributed by atoms with Gasteiger partial charge >= 0.3 is 7.60 Å². The van der Waals surface area contributed by atoms with E-state index in [1.54, 1.807) is 6.08 Å². The summed E-state index contributed by atoms with van der Waals surface area (Å²) in [5, 5.41) is 0. The van der Waals surface area contributed by atoms with E-state index >= 15 is 0 Å². The molecule has 21 heavy (non-hydrogen) atoms. The van der Waals surface area contributed by atoms with Gasteiger partial charge in [-0.25, -0.2) is 0 Å². The number of rotatable bonds is 13. The minimum atomic E-state index is -3.07. The standard InChI is InChI=1S/C17H31O3P/c1-5-9-11-13-15-17(16-14-12-10-6-2)21(18,19-7-3)20-8-4/h5,9,11,13,15,17H,1,6-8,10,12,14,16H2,2-4H3/b11-9-,15-13+. The molecule has 0 saturated heterocycles. The third-order valence-electron chi connectivity index (χ3n) is 3.07. The monoisotopic (exact) mass is 314 g/mol. The number of allylic oxidation sites excluding steroid dienone is 5. The third-order valence-corrected chi connectivity index (χ3v) is 5.55. The van der Waals surface area contributed by atoms with E-state index in [-0.39, 0.29) is 5.66 Å². The van der Waals surface area contributed by atoms with Crippen molar-refractivity contribution in [1.82, 2.24) is 0 Å². The van der Waals surface area contributed by atoms with Crippen molar-refractivity contribution in [2.75, 3.05) is 13.2 Å². The molecule has 0 aromatic heterocycles. The normalized spacial score (nSPS) is 14.0. The molecule has 0 radical (unpaired) electrons. The van der Waals surface area contributed by atoms with E-state index in [1.165, 1.54) is 12.8 Å². The molecule has 0 aromatic rings. The molecule has 3 nitrogen and oxygen atoms in total. The van der Waals surface area contributed by atoms with Crippen LogP contribution in [0.4, 0.5) is 0 Å². The van der Waals surface area contributed by atoms with Gasteiger partial charge in [0.25, 0.3) is 0 Å². The summed E-state index contributed by atoms with van der Waals surface area (Å²) in [6.07, 6.45) is 14.7. The Bertz CT molecular complexity index is 351. The zero-order valence-corrected chi connectivity index (χ0v) is 14.7. The Morgan fingerprint density at radius 1 is 1.00 bits per heavy atom. The molecule has 0 heterocycles. The van der Waals surface area contributed by atoms with Crippen LogP contribution in [-0.2, 0) is 13.6 Å². The average molecular weight is 314 g/mol. The molecule has 0 fully saturated rings. The summed E-state index contributed by atoms with van der Waals surface area (Å²) in [4.78, 5) is 0. The first-order valence-electron chi connectivity index (χ1n) is 7.99. The molecule has 0 amide bonds. The quantitative estimate of drug-likeness (QED) is 0.241. The summed E-state index contributed by atoms with van der Waals surface area (Å²) in [6.45, 7) is 10.3. The van der Waals surface area contributed by atoms with E-state index < -0.39 is 7.60 Å². The molecular formula is C17H31O3P. The highest BCUT2D eigenvalue weighted by molar-refractivity contribution is 7.54. The second-order valence-electron chi connectivity index (χ2n) is 4.80. The van der Waals surface area contributed by atoms with Gasteiger partial charge in [-0.15, -0.1) is 0 Å². The van der Waals surface area contributed by atoms with E-state index in [9.17, 15) is 4.57 Å². The van der Waals surface area contributed by atoms with Crippen LogP contribution >= 0.6 is 7.60 Å². The fraction of sp³-hybridized carbons (Fsp3) is 0.647. The van der Waals surface area contributed by atoms with E-state index in [0.29, 0.717) is 13.2 Å². The first kappa shape index (κ1) is 20.4. The Morgan fingerprint density at radius 3 is 2.19 bits per heavy atom. The molecule has 0 aliphatic rings. The average Bonchev–Trinajstić information content (AvgIpc) is 2.46. The lowest BCUT2D eigenvalue weighted by Crippen LogP contribution is -2.11. The summed E-state index contributed by atoms with van der Waals surface area (Å²) in [6, 6.07) is 0. The van der Waals surface area contributed by atoms with Gasteiger partial charge in [0.2, 0.25) is 0 Å². The van der Waals surface area contributed by atoms with Crippen LogP contribution < -0.4 is 0 Å². The first-order valence-corrected chi connectivity index (χ1v) is 9.60. The van der Waals surface area contributed by atoms with E-state index in [2.05, 4.69) is 13.5 Å². The van der Waals surface area contributed by atoms with Gasteiger partial charge in [-0.1, -0.05) is 69.6 Å². The molecule has 0 spiro atoms. The summed E-state index contributed by atoms with van der Waals surface area (Å²) >= 11 is 0. The van der Waals surface area contributed by atoms with Gasteiger partial charge in [-0.2, -0.15) is 0 Å². The third kappa shape index (κ3) is 9.08. The van der Waals surface area contributed by atoms with Gasteiger partial charge in [-0.3, -0.25) is 4.57 Å². The largest absolute Gasteiger partial charge is 0.337 e. The van der Waals surface area contributed by atoms with Crippen molar-refractivity contribution in [1.29, 1.82) is 0 Å². The second kappa shape index (κ2) is 13.1. The molecule has 122 valence electrons. The fourth-order valence-electron chi connectivity index (χ4n) is 2.06. The first-order chi connectivity index (χ1) is 10.1. The van der Waals surface area contributed by atoms with Gasteiger partial charge < -0.3 is 9.05 Å². The molecule has 1 unspecified atom stereocenters. The van der Waals surface area contributed by atoms with Crippen LogP contribution in [0.15, 0.2) is 37.0 Å². The number of hydrogen-bond acceptors (Lipinski definition) is 3. The number of unbranched alkanes of at least 4 members (excludes halogenated alkanes) is 3. The van der Waals surface area contributed by atoms with Crippen LogP contribution in [0.5, 0.6) is 0 Å².